The number of nitrogens with two attached hydrogens (primary N) is 1. The molecule has 2 atom stereocenters. The van der Waals surface area contributed by atoms with Crippen LogP contribution in [0.5, 0.6) is 0 Å². The first-order chi connectivity index (χ1) is 9.29. The van der Waals surface area contributed by atoms with E-state index in [-0.39, 0.29) is 12.1 Å². The third kappa shape index (κ3) is 6.14. The average molecular weight is 266 g/mol. The van der Waals surface area contributed by atoms with E-state index < -0.39 is 0 Å². The fourth-order valence-electron chi connectivity index (χ4n) is 1.81. The molecule has 19 heavy (non-hydrogen) atoms. The summed E-state index contributed by atoms with van der Waals surface area (Å²) in [5.74, 6) is 0. The molecule has 1 aromatic rings. The second kappa shape index (κ2) is 9.89. The van der Waals surface area contributed by atoms with Gasteiger partial charge in [0.25, 0.3) is 0 Å². The van der Waals surface area contributed by atoms with Gasteiger partial charge in [-0.05, 0) is 18.9 Å². The van der Waals surface area contributed by atoms with Gasteiger partial charge >= 0.3 is 0 Å². The maximum atomic E-state index is 6.12. The monoisotopic (exact) mass is 266 g/mol. The number of pyridine rings is 1. The Kier molecular flexibility index (Phi) is 8.38. The molecule has 1 rings (SSSR count). The van der Waals surface area contributed by atoms with E-state index in [1.54, 1.807) is 6.20 Å². The molecule has 0 bridgehead atoms. The molecule has 0 aromatic carbocycles. The second-order valence-corrected chi connectivity index (χ2v) is 4.62. The molecule has 0 saturated heterocycles. The molecule has 0 saturated carbocycles. The molecule has 0 aliphatic carbocycles. The third-order valence-electron chi connectivity index (χ3n) is 3.04. The zero-order valence-electron chi connectivity index (χ0n) is 12.0. The lowest BCUT2D eigenvalue weighted by molar-refractivity contribution is -0.00834. The average Bonchev–Trinajstić information content (AvgIpc) is 2.47. The molecule has 2 N–H and O–H groups in total. The normalized spacial score (nSPS) is 14.3. The molecular weight excluding hydrogens is 240 g/mol. The van der Waals surface area contributed by atoms with Crippen molar-refractivity contribution in [1.29, 1.82) is 0 Å². The van der Waals surface area contributed by atoms with Crippen LogP contribution in [0.3, 0.4) is 0 Å². The first-order valence-electron chi connectivity index (χ1n) is 7.14. The van der Waals surface area contributed by atoms with Crippen LogP contribution >= 0.6 is 0 Å². The van der Waals surface area contributed by atoms with Gasteiger partial charge in [-0.25, -0.2) is 0 Å². The van der Waals surface area contributed by atoms with Crippen molar-refractivity contribution in [3.63, 3.8) is 0 Å². The Bertz CT molecular complexity index is 319. The van der Waals surface area contributed by atoms with E-state index in [0.29, 0.717) is 13.2 Å². The molecule has 4 heteroatoms. The highest BCUT2D eigenvalue weighted by Gasteiger charge is 2.19. The van der Waals surface area contributed by atoms with E-state index in [1.165, 1.54) is 0 Å². The van der Waals surface area contributed by atoms with Gasteiger partial charge in [0.05, 0.1) is 19.3 Å². The molecule has 108 valence electrons. The zero-order chi connectivity index (χ0) is 13.9. The maximum absolute atomic E-state index is 6.12. The molecule has 0 aliphatic rings. The Hall–Kier alpha value is -0.970. The molecule has 1 aromatic heterocycles. The SMILES string of the molecule is CCCCOCCOC(c1cccnc1)C(N)CC. The smallest absolute Gasteiger partial charge is 0.0991 e. The minimum Gasteiger partial charge on any atom is -0.379 e. The van der Waals surface area contributed by atoms with Crippen LogP contribution in [-0.2, 0) is 9.47 Å². The van der Waals surface area contributed by atoms with Crippen LogP contribution in [0.25, 0.3) is 0 Å². The molecule has 0 aliphatic heterocycles. The summed E-state index contributed by atoms with van der Waals surface area (Å²) in [7, 11) is 0. The van der Waals surface area contributed by atoms with Gasteiger partial charge in [0.1, 0.15) is 0 Å². The van der Waals surface area contributed by atoms with Gasteiger partial charge in [0.2, 0.25) is 0 Å². The maximum Gasteiger partial charge on any atom is 0.0991 e. The molecule has 2 unspecified atom stereocenters. The number of hydrogen-bond acceptors (Lipinski definition) is 4. The van der Waals surface area contributed by atoms with E-state index >= 15 is 0 Å². The number of rotatable bonds is 10. The fraction of sp³-hybridized carbons (Fsp3) is 0.667. The van der Waals surface area contributed by atoms with Crippen LogP contribution in [0, 0.1) is 0 Å². The largest absolute Gasteiger partial charge is 0.379 e. The fourth-order valence-corrected chi connectivity index (χ4v) is 1.81. The first kappa shape index (κ1) is 16.1. The highest BCUT2D eigenvalue weighted by molar-refractivity contribution is 5.14. The summed E-state index contributed by atoms with van der Waals surface area (Å²) in [4.78, 5) is 4.12. The predicted molar refractivity (Wildman–Crippen MR) is 76.9 cm³/mol. The van der Waals surface area contributed by atoms with Crippen molar-refractivity contribution >= 4 is 0 Å². The molecule has 1 heterocycles. The Morgan fingerprint density at radius 1 is 1.26 bits per heavy atom. The number of ether oxygens (including phenoxy) is 2. The van der Waals surface area contributed by atoms with Gasteiger partial charge in [-0.1, -0.05) is 26.3 Å². The molecule has 0 amide bonds. The highest BCUT2D eigenvalue weighted by Crippen LogP contribution is 2.20. The van der Waals surface area contributed by atoms with Crippen molar-refractivity contribution in [2.45, 2.75) is 45.3 Å². The van der Waals surface area contributed by atoms with E-state index in [4.69, 9.17) is 15.2 Å². The molecule has 0 spiro atoms. The predicted octanol–water partition coefficient (Wildman–Crippen LogP) is 2.69. The Morgan fingerprint density at radius 3 is 2.74 bits per heavy atom. The molecule has 0 fully saturated rings. The van der Waals surface area contributed by atoms with Crippen LogP contribution in [0.15, 0.2) is 24.5 Å². The van der Waals surface area contributed by atoms with Crippen LogP contribution in [0.2, 0.25) is 0 Å². The van der Waals surface area contributed by atoms with E-state index in [1.807, 2.05) is 18.3 Å². The van der Waals surface area contributed by atoms with Gasteiger partial charge in [0.15, 0.2) is 0 Å². The minimum atomic E-state index is -0.103. The Morgan fingerprint density at radius 2 is 2.11 bits per heavy atom. The first-order valence-corrected chi connectivity index (χ1v) is 7.14. The van der Waals surface area contributed by atoms with Crippen LogP contribution in [0.1, 0.15) is 44.8 Å². The summed E-state index contributed by atoms with van der Waals surface area (Å²) in [5, 5.41) is 0. The van der Waals surface area contributed by atoms with Crippen molar-refractivity contribution in [2.75, 3.05) is 19.8 Å². The summed E-state index contributed by atoms with van der Waals surface area (Å²) >= 11 is 0. The van der Waals surface area contributed by atoms with E-state index in [2.05, 4.69) is 18.8 Å². The van der Waals surface area contributed by atoms with E-state index in [0.717, 1.165) is 31.4 Å². The second-order valence-electron chi connectivity index (χ2n) is 4.62. The standard InChI is InChI=1S/C15H26N2O2/c1-3-5-9-18-10-11-19-15(14(16)4-2)13-7-6-8-17-12-13/h6-8,12,14-15H,3-5,9-11,16H2,1-2H3. The quantitative estimate of drug-likeness (QED) is 0.661. The summed E-state index contributed by atoms with van der Waals surface area (Å²) in [6.45, 7) is 6.20. The van der Waals surface area contributed by atoms with E-state index in [9.17, 15) is 0 Å². The van der Waals surface area contributed by atoms with Crippen molar-refractivity contribution in [2.24, 2.45) is 5.73 Å². The van der Waals surface area contributed by atoms with Crippen LogP contribution in [0.4, 0.5) is 0 Å². The van der Waals surface area contributed by atoms with Crippen molar-refractivity contribution in [3.05, 3.63) is 30.1 Å². The summed E-state index contributed by atoms with van der Waals surface area (Å²) in [6.07, 6.45) is 6.59. The lowest BCUT2D eigenvalue weighted by atomic mass is 10.0. The molecular formula is C15H26N2O2. The van der Waals surface area contributed by atoms with Gasteiger partial charge in [-0.2, -0.15) is 0 Å². The summed E-state index contributed by atoms with van der Waals surface area (Å²) in [5.41, 5.74) is 7.15. The summed E-state index contributed by atoms with van der Waals surface area (Å²) < 4.78 is 11.4. The number of nitrogens with zero attached hydrogens (tertiary/aromatic N) is 1. The van der Waals surface area contributed by atoms with Crippen LogP contribution < -0.4 is 5.73 Å². The number of unbranched alkanes of at least 4 members (excludes halogenated alkanes) is 1. The van der Waals surface area contributed by atoms with Crippen LogP contribution in [-0.4, -0.2) is 30.8 Å². The third-order valence-corrected chi connectivity index (χ3v) is 3.04. The van der Waals surface area contributed by atoms with Crippen molar-refractivity contribution < 1.29 is 9.47 Å². The highest BCUT2D eigenvalue weighted by atomic mass is 16.5. The lowest BCUT2D eigenvalue weighted by Crippen LogP contribution is -2.30. The van der Waals surface area contributed by atoms with Gasteiger partial charge in [-0.15, -0.1) is 0 Å². The lowest BCUT2D eigenvalue weighted by Gasteiger charge is -2.23. The Labute approximate surface area is 116 Å². The zero-order valence-corrected chi connectivity index (χ0v) is 12.0. The van der Waals surface area contributed by atoms with Crippen molar-refractivity contribution in [1.82, 2.24) is 4.98 Å². The van der Waals surface area contributed by atoms with Gasteiger partial charge < -0.3 is 15.2 Å². The number of aromatic nitrogens is 1. The summed E-state index contributed by atoms with van der Waals surface area (Å²) in [6, 6.07) is 3.90. The minimum absolute atomic E-state index is 0.0140. The van der Waals surface area contributed by atoms with Gasteiger partial charge in [-0.3, -0.25) is 4.98 Å². The topological polar surface area (TPSA) is 57.4 Å². The van der Waals surface area contributed by atoms with Crippen molar-refractivity contribution in [3.8, 4) is 0 Å². The Balaban J connectivity index is 2.39. The molecule has 0 radical (unpaired) electrons. The molecule has 4 nitrogen and oxygen atoms in total. The van der Waals surface area contributed by atoms with Gasteiger partial charge in [0, 0.05) is 30.6 Å². The number of hydrogen-bond donors (Lipinski definition) is 1.